The number of carbonyl (C=O) groups is 1. The monoisotopic (exact) mass is 340 g/mol. The number of hydrogen-bond donors (Lipinski definition) is 1. The number of urea groups is 1. The van der Waals surface area contributed by atoms with E-state index in [1.54, 1.807) is 16.2 Å². The summed E-state index contributed by atoms with van der Waals surface area (Å²) in [5.74, 6) is 0. The van der Waals surface area contributed by atoms with Crippen molar-refractivity contribution in [2.75, 3.05) is 33.2 Å². The van der Waals surface area contributed by atoms with Gasteiger partial charge < -0.3 is 15.0 Å². The maximum Gasteiger partial charge on any atom is 0.317 e. The Bertz CT molecular complexity index is 512. The Labute approximate surface area is 142 Å². The molecule has 1 fully saturated rings. The van der Waals surface area contributed by atoms with Gasteiger partial charge in [0.15, 0.2) is 0 Å². The highest BCUT2D eigenvalue weighted by Crippen LogP contribution is 2.19. The summed E-state index contributed by atoms with van der Waals surface area (Å²) in [6.07, 6.45) is 2.35. The Morgan fingerprint density at radius 3 is 2.74 bits per heavy atom. The number of ether oxygens (including phenoxy) is 1. The van der Waals surface area contributed by atoms with E-state index in [9.17, 15) is 4.79 Å². The number of likely N-dealkylation sites (N-methyl/N-ethyl adjacent to an activating group) is 1. The zero-order valence-electron chi connectivity index (χ0n) is 14.7. The third kappa shape index (κ3) is 5.44. The lowest BCUT2D eigenvalue weighted by molar-refractivity contribution is -0.0684. The fraction of sp³-hybridized carbons (Fsp3) is 0.750. The Morgan fingerprint density at radius 1 is 1.52 bits per heavy atom. The smallest absolute Gasteiger partial charge is 0.317 e. The van der Waals surface area contributed by atoms with Gasteiger partial charge in [-0.15, -0.1) is 11.3 Å². The first-order valence-corrected chi connectivity index (χ1v) is 8.98. The molecule has 1 aliphatic heterocycles. The third-order valence-electron chi connectivity index (χ3n) is 3.94. The zero-order valence-corrected chi connectivity index (χ0v) is 15.5. The van der Waals surface area contributed by atoms with Gasteiger partial charge in [-0.25, -0.2) is 9.78 Å². The molecule has 3 atom stereocenters. The molecule has 1 N–H and O–H groups in total. The van der Waals surface area contributed by atoms with Gasteiger partial charge in [0.05, 0.1) is 18.2 Å². The van der Waals surface area contributed by atoms with Crippen molar-refractivity contribution >= 4 is 17.4 Å². The molecule has 23 heavy (non-hydrogen) atoms. The molecule has 0 bridgehead atoms. The highest BCUT2D eigenvalue weighted by Gasteiger charge is 2.23. The highest BCUT2D eigenvalue weighted by atomic mass is 32.1. The maximum atomic E-state index is 12.3. The molecule has 0 aliphatic carbocycles. The van der Waals surface area contributed by atoms with Crippen LogP contribution in [0.5, 0.6) is 0 Å². The van der Waals surface area contributed by atoms with Crippen molar-refractivity contribution in [3.8, 4) is 0 Å². The fourth-order valence-electron chi connectivity index (χ4n) is 2.79. The number of nitrogens with one attached hydrogen (secondary N) is 1. The Balaban J connectivity index is 1.76. The molecule has 2 amide bonds. The van der Waals surface area contributed by atoms with Gasteiger partial charge in [0.2, 0.25) is 0 Å². The molecule has 1 aromatic rings. The van der Waals surface area contributed by atoms with E-state index in [1.165, 1.54) is 0 Å². The number of carbonyl (C=O) groups excluding carboxylic acids is 1. The van der Waals surface area contributed by atoms with E-state index < -0.39 is 0 Å². The van der Waals surface area contributed by atoms with Gasteiger partial charge in [-0.05, 0) is 27.7 Å². The van der Waals surface area contributed by atoms with Crippen molar-refractivity contribution in [2.45, 2.75) is 45.9 Å². The Kier molecular flexibility index (Phi) is 6.38. The van der Waals surface area contributed by atoms with E-state index in [1.807, 2.05) is 27.1 Å². The average Bonchev–Trinajstić information content (AvgIpc) is 2.90. The van der Waals surface area contributed by atoms with Gasteiger partial charge in [0.25, 0.3) is 0 Å². The van der Waals surface area contributed by atoms with Crippen LogP contribution in [0.3, 0.4) is 0 Å². The first-order valence-electron chi connectivity index (χ1n) is 8.17. The molecule has 0 spiro atoms. The summed E-state index contributed by atoms with van der Waals surface area (Å²) < 4.78 is 5.73. The molecule has 0 saturated carbocycles. The number of morpholine rings is 1. The minimum atomic E-state index is -0.0629. The number of aromatic nitrogens is 1. The van der Waals surface area contributed by atoms with E-state index >= 15 is 0 Å². The number of thiazole rings is 1. The van der Waals surface area contributed by atoms with Crippen LogP contribution >= 0.6 is 11.3 Å². The van der Waals surface area contributed by atoms with Crippen LogP contribution < -0.4 is 5.32 Å². The summed E-state index contributed by atoms with van der Waals surface area (Å²) in [4.78, 5) is 21.9. The van der Waals surface area contributed by atoms with Gasteiger partial charge >= 0.3 is 6.03 Å². The SMILES string of the molecule is Cc1cnc(C(C)NC(=O)N(C)CCN2C[C@@H](C)O[C@@H](C)C2)s1. The summed E-state index contributed by atoms with van der Waals surface area (Å²) in [5, 5.41) is 3.95. The minimum absolute atomic E-state index is 0.0558. The lowest BCUT2D eigenvalue weighted by Crippen LogP contribution is -2.49. The van der Waals surface area contributed by atoms with Crippen LogP contribution in [0.25, 0.3) is 0 Å². The predicted octanol–water partition coefficient (Wildman–Crippen LogP) is 2.26. The average molecular weight is 340 g/mol. The Morgan fingerprint density at radius 2 is 2.17 bits per heavy atom. The number of rotatable bonds is 5. The molecule has 2 heterocycles. The van der Waals surface area contributed by atoms with Crippen LogP contribution in [0.2, 0.25) is 0 Å². The van der Waals surface area contributed by atoms with E-state index in [0.717, 1.165) is 29.5 Å². The van der Waals surface area contributed by atoms with Crippen LogP contribution in [0.15, 0.2) is 6.20 Å². The number of hydrogen-bond acceptors (Lipinski definition) is 5. The van der Waals surface area contributed by atoms with Gasteiger partial charge in [0.1, 0.15) is 5.01 Å². The first-order chi connectivity index (χ1) is 10.8. The van der Waals surface area contributed by atoms with Crippen molar-refractivity contribution in [1.29, 1.82) is 0 Å². The predicted molar refractivity (Wildman–Crippen MR) is 92.9 cm³/mol. The number of nitrogens with zero attached hydrogens (tertiary/aromatic N) is 3. The van der Waals surface area contributed by atoms with Crippen molar-refractivity contribution in [3.05, 3.63) is 16.1 Å². The molecule has 0 radical (unpaired) electrons. The van der Waals surface area contributed by atoms with E-state index in [4.69, 9.17) is 4.74 Å². The summed E-state index contributed by atoms with van der Waals surface area (Å²) in [5.41, 5.74) is 0. The topological polar surface area (TPSA) is 57.7 Å². The second-order valence-electron chi connectivity index (χ2n) is 6.42. The van der Waals surface area contributed by atoms with Crippen LogP contribution in [0, 0.1) is 6.92 Å². The van der Waals surface area contributed by atoms with Crippen molar-refractivity contribution in [2.24, 2.45) is 0 Å². The van der Waals surface area contributed by atoms with E-state index in [0.29, 0.717) is 6.54 Å². The molecule has 1 unspecified atom stereocenters. The summed E-state index contributed by atoms with van der Waals surface area (Å²) in [7, 11) is 1.84. The van der Waals surface area contributed by atoms with Gasteiger partial charge in [-0.3, -0.25) is 4.90 Å². The maximum absolute atomic E-state index is 12.3. The summed E-state index contributed by atoms with van der Waals surface area (Å²) >= 11 is 1.62. The van der Waals surface area contributed by atoms with Crippen molar-refractivity contribution in [3.63, 3.8) is 0 Å². The zero-order chi connectivity index (χ0) is 17.0. The van der Waals surface area contributed by atoms with Gasteiger partial charge in [-0.2, -0.15) is 0 Å². The number of amides is 2. The van der Waals surface area contributed by atoms with Crippen molar-refractivity contribution < 1.29 is 9.53 Å². The first kappa shape index (κ1) is 18.2. The van der Waals surface area contributed by atoms with E-state index in [2.05, 4.69) is 29.0 Å². The molecule has 7 heteroatoms. The minimum Gasteiger partial charge on any atom is -0.373 e. The fourth-order valence-corrected chi connectivity index (χ4v) is 3.57. The third-order valence-corrected chi connectivity index (χ3v) is 5.04. The van der Waals surface area contributed by atoms with E-state index in [-0.39, 0.29) is 24.3 Å². The molecule has 2 rings (SSSR count). The van der Waals surface area contributed by atoms with Crippen LogP contribution in [-0.4, -0.2) is 66.2 Å². The van der Waals surface area contributed by atoms with Crippen LogP contribution in [-0.2, 0) is 4.74 Å². The molecule has 0 aromatic carbocycles. The summed E-state index contributed by atoms with van der Waals surface area (Å²) in [6.45, 7) is 11.6. The molecule has 1 aliphatic rings. The molecule has 1 saturated heterocycles. The van der Waals surface area contributed by atoms with Crippen molar-refractivity contribution in [1.82, 2.24) is 20.1 Å². The number of aryl methyl sites for hydroxylation is 1. The van der Waals surface area contributed by atoms with Crippen LogP contribution in [0.1, 0.15) is 36.7 Å². The van der Waals surface area contributed by atoms with Crippen LogP contribution in [0.4, 0.5) is 4.79 Å². The largest absolute Gasteiger partial charge is 0.373 e. The van der Waals surface area contributed by atoms with Gasteiger partial charge in [-0.1, -0.05) is 0 Å². The molecule has 1 aromatic heterocycles. The highest BCUT2D eigenvalue weighted by molar-refractivity contribution is 7.11. The summed E-state index contributed by atoms with van der Waals surface area (Å²) in [6, 6.07) is -0.119. The standard InChI is InChI=1S/C16H28N4O2S/c1-11-9-20(10-12(2)22-11)7-6-19(5)16(21)18-14(4)15-17-8-13(3)23-15/h8,11-12,14H,6-7,9-10H2,1-5H3,(H,18,21)/t11-,12+,14?. The van der Waals surface area contributed by atoms with Gasteiger partial charge in [0, 0.05) is 44.3 Å². The Hall–Kier alpha value is -1.18. The quantitative estimate of drug-likeness (QED) is 0.893. The lowest BCUT2D eigenvalue weighted by Gasteiger charge is -2.36. The molecule has 6 nitrogen and oxygen atoms in total. The second kappa shape index (κ2) is 8.08. The normalized spacial score (nSPS) is 23.5. The second-order valence-corrected chi connectivity index (χ2v) is 7.69. The molecular weight excluding hydrogens is 312 g/mol. The lowest BCUT2D eigenvalue weighted by atomic mass is 10.2. The molecule has 130 valence electrons. The molecular formula is C16H28N4O2S.